The molecule has 76 heavy (non-hydrogen) atoms. The van der Waals surface area contributed by atoms with Gasteiger partial charge in [-0.3, -0.25) is 0 Å². The fourth-order valence-electron chi connectivity index (χ4n) is 12.8. The van der Waals surface area contributed by atoms with Crippen molar-refractivity contribution in [2.75, 3.05) is 14.7 Å². The summed E-state index contributed by atoms with van der Waals surface area (Å²) in [5.41, 5.74) is 23.6. The molecule has 0 N–H and O–H groups in total. The highest BCUT2D eigenvalue weighted by Crippen LogP contribution is 2.53. The summed E-state index contributed by atoms with van der Waals surface area (Å²) in [4.78, 5) is 7.27. The van der Waals surface area contributed by atoms with E-state index in [4.69, 9.17) is 4.42 Å². The smallest absolute Gasteiger partial charge is 0.252 e. The number of hydrogen-bond acceptors (Lipinski definition) is 5. The summed E-state index contributed by atoms with van der Waals surface area (Å²) in [6.07, 6.45) is 0. The summed E-state index contributed by atoms with van der Waals surface area (Å²) in [5.74, 6) is 0. The van der Waals surface area contributed by atoms with Crippen LogP contribution in [0.15, 0.2) is 211 Å². The number of nitriles is 1. The van der Waals surface area contributed by atoms with Gasteiger partial charge >= 0.3 is 0 Å². The predicted octanol–water partition coefficient (Wildman–Crippen LogP) is 16.7. The van der Waals surface area contributed by atoms with Crippen LogP contribution in [0.4, 0.5) is 51.2 Å². The molecule has 0 spiro atoms. The number of rotatable bonds is 5. The summed E-state index contributed by atoms with van der Waals surface area (Å²) in [5, 5.41) is 15.8. The maximum atomic E-state index is 11.1. The predicted molar refractivity (Wildman–Crippen MR) is 318 cm³/mol. The number of nitrogens with zero attached hydrogens (tertiary/aromatic N) is 5. The molecule has 15 rings (SSSR count). The highest BCUT2D eigenvalue weighted by molar-refractivity contribution is 7.00. The normalized spacial score (nSPS) is 13.3. The largest absolute Gasteiger partial charge is 0.455 e. The lowest BCUT2D eigenvalue weighted by atomic mass is 9.33. The van der Waals surface area contributed by atoms with Crippen molar-refractivity contribution >= 4 is 118 Å². The van der Waals surface area contributed by atoms with E-state index in [1.807, 2.05) is 12.1 Å². The van der Waals surface area contributed by atoms with E-state index in [9.17, 15) is 5.26 Å². The Bertz CT molecular complexity index is 4390. The molecule has 6 nitrogen and oxygen atoms in total. The molecule has 0 aliphatic carbocycles. The second kappa shape index (κ2) is 15.9. The zero-order valence-corrected chi connectivity index (χ0v) is 43.4. The first kappa shape index (κ1) is 44.3. The molecular weight excluding hydrogens is 926 g/mol. The van der Waals surface area contributed by atoms with Crippen LogP contribution in [0.3, 0.4) is 0 Å². The minimum atomic E-state index is -0.151. The number of aromatic nitrogens is 1. The maximum absolute atomic E-state index is 11.1. The number of fused-ring (bicyclic) bond motifs is 12. The fraction of sp³-hybridized carbons (Fsp3) is 0.116. The average molecular weight is 978 g/mol. The zero-order chi connectivity index (χ0) is 51.4. The second-order valence-electron chi connectivity index (χ2n) is 22.9. The van der Waals surface area contributed by atoms with Gasteiger partial charge in [0.25, 0.3) is 6.71 Å². The summed E-state index contributed by atoms with van der Waals surface area (Å²) < 4.78 is 9.04. The van der Waals surface area contributed by atoms with E-state index in [0.717, 1.165) is 89.9 Å². The highest BCUT2D eigenvalue weighted by atomic mass is 16.3. The standard InChI is InChI=1S/C69H52BN5O/c1-68(2,3)44-26-32-46(33-27-44)72(47-34-28-45(29-35-47)69(4,5)6)49-36-37-55-60(40-49)73(48-30-24-43(25-31-48)50-16-11-18-54-52-15-8-10-23-63(52)76-67(50)54)61-38-42(41-71)39-62-64(61)70(55)56-19-13-22-59-66(56)75(62)58-21-12-17-53-51-14-7-9-20-57(51)74(59)65(53)58/h7-40H,1-6H3. The van der Waals surface area contributed by atoms with Gasteiger partial charge in [-0.25, -0.2) is 0 Å². The van der Waals surface area contributed by atoms with Crippen LogP contribution in [0, 0.1) is 11.3 Å². The Morgan fingerprint density at radius 1 is 0.487 bits per heavy atom. The Kier molecular flexibility index (Phi) is 9.25. The molecule has 2 aromatic heterocycles. The van der Waals surface area contributed by atoms with Crippen LogP contribution in [0.5, 0.6) is 0 Å². The molecule has 3 aliphatic heterocycles. The van der Waals surface area contributed by atoms with E-state index in [0.29, 0.717) is 5.56 Å². The van der Waals surface area contributed by atoms with E-state index in [1.165, 1.54) is 49.3 Å². The van der Waals surface area contributed by atoms with Crippen LogP contribution < -0.4 is 31.1 Å². The summed E-state index contributed by atoms with van der Waals surface area (Å²) in [7, 11) is 0. The van der Waals surface area contributed by atoms with Crippen LogP contribution in [0.1, 0.15) is 58.2 Å². The van der Waals surface area contributed by atoms with Gasteiger partial charge in [0.15, 0.2) is 0 Å². The average Bonchev–Trinajstić information content (AvgIpc) is 4.15. The van der Waals surface area contributed by atoms with Crippen molar-refractivity contribution in [2.24, 2.45) is 0 Å². The van der Waals surface area contributed by atoms with Gasteiger partial charge in [0.2, 0.25) is 0 Å². The zero-order valence-electron chi connectivity index (χ0n) is 43.4. The van der Waals surface area contributed by atoms with Crippen LogP contribution in [0.2, 0.25) is 0 Å². The Hall–Kier alpha value is -9.25. The highest BCUT2D eigenvalue weighted by Gasteiger charge is 2.46. The SMILES string of the molecule is CC(C)(C)c1ccc(N(c2ccc(C(C)(C)C)cc2)c2ccc3c(c2)N(c2ccc(-c4cccc5c4oc4ccccc45)cc2)c2cc(C#N)cc4c2B3c2cccc3c2N4c2cccc4c5ccccc5n-3c24)cc1. The lowest BCUT2D eigenvalue weighted by Gasteiger charge is -2.46. The van der Waals surface area contributed by atoms with Crippen molar-refractivity contribution in [3.05, 3.63) is 223 Å². The summed E-state index contributed by atoms with van der Waals surface area (Å²) in [6.45, 7) is 13.5. The third-order valence-corrected chi connectivity index (χ3v) is 16.4. The number of benzene rings is 10. The first-order chi connectivity index (χ1) is 36.9. The molecule has 3 aliphatic rings. The first-order valence-electron chi connectivity index (χ1n) is 26.4. The first-order valence-corrected chi connectivity index (χ1v) is 26.4. The molecule has 5 heterocycles. The van der Waals surface area contributed by atoms with Gasteiger partial charge in [0, 0.05) is 66.9 Å². The lowest BCUT2D eigenvalue weighted by Crippen LogP contribution is -2.61. The molecule has 0 radical (unpaired) electrons. The maximum Gasteiger partial charge on any atom is 0.252 e. The molecule has 0 fully saturated rings. The van der Waals surface area contributed by atoms with Crippen LogP contribution >= 0.6 is 0 Å². The van der Waals surface area contributed by atoms with Crippen molar-refractivity contribution in [3.8, 4) is 22.9 Å². The van der Waals surface area contributed by atoms with Crippen LogP contribution in [-0.2, 0) is 10.8 Å². The van der Waals surface area contributed by atoms with E-state index in [1.54, 1.807) is 0 Å². The van der Waals surface area contributed by atoms with Crippen molar-refractivity contribution in [2.45, 2.75) is 52.4 Å². The van der Waals surface area contributed by atoms with Gasteiger partial charge < -0.3 is 23.7 Å². The van der Waals surface area contributed by atoms with E-state index in [2.05, 4.69) is 261 Å². The Balaban J connectivity index is 0.986. The van der Waals surface area contributed by atoms with Gasteiger partial charge in [0.05, 0.1) is 39.7 Å². The summed E-state index contributed by atoms with van der Waals surface area (Å²) >= 11 is 0. The molecule has 12 aromatic rings. The number of furan rings is 1. The van der Waals surface area contributed by atoms with Crippen molar-refractivity contribution < 1.29 is 4.42 Å². The third-order valence-electron chi connectivity index (χ3n) is 16.4. The fourth-order valence-corrected chi connectivity index (χ4v) is 12.8. The molecule has 7 heteroatoms. The molecule has 0 unspecified atom stereocenters. The monoisotopic (exact) mass is 977 g/mol. The minimum Gasteiger partial charge on any atom is -0.455 e. The van der Waals surface area contributed by atoms with Crippen LogP contribution in [-0.4, -0.2) is 11.3 Å². The van der Waals surface area contributed by atoms with E-state index < -0.39 is 0 Å². The van der Waals surface area contributed by atoms with Crippen molar-refractivity contribution in [1.29, 1.82) is 5.26 Å². The van der Waals surface area contributed by atoms with Crippen molar-refractivity contribution in [3.63, 3.8) is 0 Å². The number of hydrogen-bond donors (Lipinski definition) is 0. The molecular formula is C69H52BN5O. The Labute approximate surface area is 443 Å². The molecule has 0 bridgehead atoms. The minimum absolute atomic E-state index is 0.00141. The molecule has 0 atom stereocenters. The van der Waals surface area contributed by atoms with E-state index >= 15 is 0 Å². The Morgan fingerprint density at radius 2 is 1.09 bits per heavy atom. The second-order valence-corrected chi connectivity index (χ2v) is 22.9. The molecule has 362 valence electrons. The quantitative estimate of drug-likeness (QED) is 0.161. The van der Waals surface area contributed by atoms with Gasteiger partial charge in [0.1, 0.15) is 11.2 Å². The molecule has 10 aromatic carbocycles. The lowest BCUT2D eigenvalue weighted by molar-refractivity contribution is 0.590. The number of para-hydroxylation sites is 5. The molecule has 0 saturated carbocycles. The molecule has 0 amide bonds. The summed E-state index contributed by atoms with van der Waals surface area (Å²) in [6, 6.07) is 78.0. The topological polar surface area (TPSA) is 51.6 Å². The number of anilines is 9. The molecule has 0 saturated heterocycles. The van der Waals surface area contributed by atoms with Crippen LogP contribution in [0.25, 0.3) is 60.6 Å². The van der Waals surface area contributed by atoms with Gasteiger partial charge in [-0.1, -0.05) is 163 Å². The van der Waals surface area contributed by atoms with Gasteiger partial charge in [-0.05, 0) is 129 Å². The van der Waals surface area contributed by atoms with Gasteiger partial charge in [-0.15, -0.1) is 0 Å². The van der Waals surface area contributed by atoms with Crippen molar-refractivity contribution in [1.82, 2.24) is 4.57 Å². The third kappa shape index (κ3) is 6.34. The van der Waals surface area contributed by atoms with E-state index in [-0.39, 0.29) is 17.5 Å². The van der Waals surface area contributed by atoms with Gasteiger partial charge in [-0.2, -0.15) is 5.26 Å². The Morgan fingerprint density at radius 3 is 1.80 bits per heavy atom.